The molecule has 0 saturated carbocycles. The molecule has 0 spiro atoms. The van der Waals surface area contributed by atoms with Gasteiger partial charge in [-0.1, -0.05) is 0 Å². The third kappa shape index (κ3) is 1.70. The van der Waals surface area contributed by atoms with E-state index in [-0.39, 0.29) is 0 Å². The first-order valence-electron chi connectivity index (χ1n) is 3.72. The Morgan fingerprint density at radius 3 is 3.00 bits per heavy atom. The van der Waals surface area contributed by atoms with Crippen LogP contribution in [0.2, 0.25) is 0 Å². The van der Waals surface area contributed by atoms with E-state index in [9.17, 15) is 0 Å². The number of rotatable bonds is 2. The Hall–Kier alpha value is -1.63. The molecule has 0 atom stereocenters. The van der Waals surface area contributed by atoms with Gasteiger partial charge in [0.05, 0.1) is 0 Å². The molecule has 12 heavy (non-hydrogen) atoms. The summed E-state index contributed by atoms with van der Waals surface area (Å²) in [6, 6.07) is 3.56. The maximum atomic E-state index is 8.56. The molecule has 0 unspecified atom stereocenters. The molecule has 62 valence electrons. The monoisotopic (exact) mass is 162 g/mol. The summed E-state index contributed by atoms with van der Waals surface area (Å²) in [5.41, 5.74) is 0.403. The lowest BCUT2D eigenvalue weighted by Gasteiger charge is -2.12. The summed E-state index contributed by atoms with van der Waals surface area (Å²) in [4.78, 5) is 9.91. The van der Waals surface area contributed by atoms with Crippen molar-refractivity contribution in [2.45, 2.75) is 6.92 Å². The third-order valence-corrected chi connectivity index (χ3v) is 1.57. The first-order valence-corrected chi connectivity index (χ1v) is 3.72. The van der Waals surface area contributed by atoms with Gasteiger partial charge in [0.25, 0.3) is 0 Å². The first kappa shape index (κ1) is 8.47. The molecule has 1 aromatic heterocycles. The fourth-order valence-electron chi connectivity index (χ4n) is 0.736. The number of anilines is 1. The maximum absolute atomic E-state index is 8.56. The van der Waals surface area contributed by atoms with Crippen LogP contribution in [-0.2, 0) is 0 Å². The number of aromatic nitrogens is 2. The van der Waals surface area contributed by atoms with E-state index in [0.717, 1.165) is 6.54 Å². The smallest absolute Gasteiger partial charge is 0.226 e. The van der Waals surface area contributed by atoms with Crippen molar-refractivity contribution in [1.29, 1.82) is 5.26 Å². The fraction of sp³-hybridized carbons (Fsp3) is 0.375. The zero-order chi connectivity index (χ0) is 8.97. The van der Waals surface area contributed by atoms with Crippen molar-refractivity contribution in [2.75, 3.05) is 18.5 Å². The summed E-state index contributed by atoms with van der Waals surface area (Å²) < 4.78 is 0. The number of nitriles is 1. The van der Waals surface area contributed by atoms with E-state index >= 15 is 0 Å². The Labute approximate surface area is 71.5 Å². The van der Waals surface area contributed by atoms with Gasteiger partial charge in [0.15, 0.2) is 0 Å². The SMILES string of the molecule is CCN(C)c1nccc(C#N)n1. The van der Waals surface area contributed by atoms with Gasteiger partial charge in [0.2, 0.25) is 5.95 Å². The highest BCUT2D eigenvalue weighted by molar-refractivity contribution is 5.32. The van der Waals surface area contributed by atoms with Crippen molar-refractivity contribution in [3.8, 4) is 6.07 Å². The van der Waals surface area contributed by atoms with E-state index in [2.05, 4.69) is 9.97 Å². The lowest BCUT2D eigenvalue weighted by Crippen LogP contribution is -2.18. The minimum absolute atomic E-state index is 0.403. The molecule has 4 nitrogen and oxygen atoms in total. The van der Waals surface area contributed by atoms with Crippen molar-refractivity contribution < 1.29 is 0 Å². The average Bonchev–Trinajstić information content (AvgIpc) is 2.17. The summed E-state index contributed by atoms with van der Waals surface area (Å²) in [7, 11) is 1.89. The Balaban J connectivity index is 2.95. The molecule has 0 radical (unpaired) electrons. The van der Waals surface area contributed by atoms with Crippen LogP contribution in [0.25, 0.3) is 0 Å². The standard InChI is InChI=1S/C8H10N4/c1-3-12(2)8-10-5-4-7(6-9)11-8/h4-5H,3H2,1-2H3. The van der Waals surface area contributed by atoms with E-state index in [0.29, 0.717) is 11.6 Å². The van der Waals surface area contributed by atoms with Gasteiger partial charge in [-0.05, 0) is 13.0 Å². The van der Waals surface area contributed by atoms with Gasteiger partial charge in [-0.2, -0.15) is 5.26 Å². The summed E-state index contributed by atoms with van der Waals surface area (Å²) in [6.07, 6.45) is 1.59. The molecule has 0 aromatic carbocycles. The molecule has 1 rings (SSSR count). The minimum Gasteiger partial charge on any atom is -0.344 e. The van der Waals surface area contributed by atoms with E-state index in [4.69, 9.17) is 5.26 Å². The number of hydrogen-bond acceptors (Lipinski definition) is 4. The van der Waals surface area contributed by atoms with Crippen LogP contribution in [0.4, 0.5) is 5.95 Å². The van der Waals surface area contributed by atoms with Crippen molar-refractivity contribution >= 4 is 5.95 Å². The molecule has 1 heterocycles. The van der Waals surface area contributed by atoms with Gasteiger partial charge in [-0.25, -0.2) is 9.97 Å². The van der Waals surface area contributed by atoms with Crippen molar-refractivity contribution in [3.05, 3.63) is 18.0 Å². The van der Waals surface area contributed by atoms with E-state index in [1.807, 2.05) is 24.9 Å². The molecule has 0 aliphatic carbocycles. The largest absolute Gasteiger partial charge is 0.344 e. The topological polar surface area (TPSA) is 52.8 Å². The van der Waals surface area contributed by atoms with Crippen molar-refractivity contribution in [3.63, 3.8) is 0 Å². The Morgan fingerprint density at radius 2 is 2.42 bits per heavy atom. The first-order chi connectivity index (χ1) is 5.77. The number of nitrogens with zero attached hydrogens (tertiary/aromatic N) is 4. The predicted molar refractivity (Wildman–Crippen MR) is 45.7 cm³/mol. The summed E-state index contributed by atoms with van der Waals surface area (Å²) in [5.74, 6) is 0.594. The van der Waals surface area contributed by atoms with Crippen LogP contribution in [0.15, 0.2) is 12.3 Å². The second-order valence-electron chi connectivity index (χ2n) is 2.37. The molecule has 0 saturated heterocycles. The third-order valence-electron chi connectivity index (χ3n) is 1.57. The lowest BCUT2D eigenvalue weighted by atomic mass is 10.4. The summed E-state index contributed by atoms with van der Waals surface area (Å²) >= 11 is 0. The van der Waals surface area contributed by atoms with E-state index in [1.165, 1.54) is 0 Å². The zero-order valence-corrected chi connectivity index (χ0v) is 7.15. The van der Waals surface area contributed by atoms with Crippen LogP contribution >= 0.6 is 0 Å². The van der Waals surface area contributed by atoms with Crippen molar-refractivity contribution in [2.24, 2.45) is 0 Å². The Morgan fingerprint density at radius 1 is 1.67 bits per heavy atom. The second kappa shape index (κ2) is 3.67. The van der Waals surface area contributed by atoms with E-state index in [1.54, 1.807) is 12.3 Å². The lowest BCUT2D eigenvalue weighted by molar-refractivity contribution is 0.897. The normalized spacial score (nSPS) is 9.08. The predicted octanol–water partition coefficient (Wildman–Crippen LogP) is 0.804. The van der Waals surface area contributed by atoms with Crippen LogP contribution in [0, 0.1) is 11.3 Å². The van der Waals surface area contributed by atoms with Crippen molar-refractivity contribution in [1.82, 2.24) is 9.97 Å². The molecule has 0 aliphatic heterocycles. The average molecular weight is 162 g/mol. The molecule has 0 amide bonds. The van der Waals surface area contributed by atoms with Gasteiger partial charge < -0.3 is 4.90 Å². The molecule has 0 aliphatic rings. The highest BCUT2D eigenvalue weighted by Gasteiger charge is 2.01. The zero-order valence-electron chi connectivity index (χ0n) is 7.15. The maximum Gasteiger partial charge on any atom is 0.226 e. The van der Waals surface area contributed by atoms with E-state index < -0.39 is 0 Å². The Kier molecular flexibility index (Phi) is 2.59. The molecule has 1 aromatic rings. The van der Waals surface area contributed by atoms with Crippen LogP contribution in [-0.4, -0.2) is 23.6 Å². The molecule has 4 heteroatoms. The quantitative estimate of drug-likeness (QED) is 0.645. The minimum atomic E-state index is 0.403. The van der Waals surface area contributed by atoms with Crippen LogP contribution in [0.5, 0.6) is 0 Å². The van der Waals surface area contributed by atoms with Crippen LogP contribution < -0.4 is 4.90 Å². The molecule has 0 N–H and O–H groups in total. The van der Waals surface area contributed by atoms with Gasteiger partial charge >= 0.3 is 0 Å². The molecule has 0 fully saturated rings. The van der Waals surface area contributed by atoms with Crippen LogP contribution in [0.3, 0.4) is 0 Å². The molecular weight excluding hydrogens is 152 g/mol. The van der Waals surface area contributed by atoms with Gasteiger partial charge in [-0.15, -0.1) is 0 Å². The molecular formula is C8H10N4. The number of hydrogen-bond donors (Lipinski definition) is 0. The second-order valence-corrected chi connectivity index (χ2v) is 2.37. The summed E-state index contributed by atoms with van der Waals surface area (Å²) in [5, 5.41) is 8.56. The van der Waals surface area contributed by atoms with Crippen LogP contribution in [0.1, 0.15) is 12.6 Å². The highest BCUT2D eigenvalue weighted by atomic mass is 15.2. The van der Waals surface area contributed by atoms with Gasteiger partial charge in [0, 0.05) is 19.8 Å². The Bertz CT molecular complexity index is 302. The van der Waals surface area contributed by atoms with Gasteiger partial charge in [0.1, 0.15) is 11.8 Å². The summed E-state index contributed by atoms with van der Waals surface area (Å²) in [6.45, 7) is 2.83. The highest BCUT2D eigenvalue weighted by Crippen LogP contribution is 2.03. The van der Waals surface area contributed by atoms with Gasteiger partial charge in [-0.3, -0.25) is 0 Å². The molecule has 0 bridgehead atoms. The fourth-order valence-corrected chi connectivity index (χ4v) is 0.736.